The summed E-state index contributed by atoms with van der Waals surface area (Å²) in [5.41, 5.74) is 0. The smallest absolute Gasteiger partial charge is 0.305 e. The van der Waals surface area contributed by atoms with Crippen LogP contribution in [0.2, 0.25) is 0 Å². The van der Waals surface area contributed by atoms with Gasteiger partial charge in [-0.25, -0.2) is 0 Å². The third-order valence-electron chi connectivity index (χ3n) is 3.03. The van der Waals surface area contributed by atoms with Crippen molar-refractivity contribution in [2.45, 2.75) is 44.9 Å². The number of hydrogen-bond acceptors (Lipinski definition) is 3. The lowest BCUT2D eigenvalue weighted by molar-refractivity contribution is -0.140. The van der Waals surface area contributed by atoms with Crippen LogP contribution in [-0.2, 0) is 9.53 Å². The molecule has 15 heavy (non-hydrogen) atoms. The summed E-state index contributed by atoms with van der Waals surface area (Å²) in [6.45, 7) is 3.47. The second-order valence-corrected chi connectivity index (χ2v) is 4.29. The highest BCUT2D eigenvalue weighted by molar-refractivity contribution is 5.69. The third kappa shape index (κ3) is 5.78. The molecule has 0 aromatic carbocycles. The van der Waals surface area contributed by atoms with Crippen LogP contribution in [-0.4, -0.2) is 37.6 Å². The van der Waals surface area contributed by atoms with Crippen LogP contribution in [0.3, 0.4) is 0 Å². The van der Waals surface area contributed by atoms with Crippen LogP contribution in [0, 0.1) is 0 Å². The number of likely N-dealkylation sites (tertiary alicyclic amines) is 1. The first-order valence-corrected chi connectivity index (χ1v) is 6.12. The second-order valence-electron chi connectivity index (χ2n) is 4.29. The van der Waals surface area contributed by atoms with Gasteiger partial charge < -0.3 is 9.64 Å². The Morgan fingerprint density at radius 2 is 1.73 bits per heavy atom. The number of ether oxygens (including phenoxy) is 1. The highest BCUT2D eigenvalue weighted by atomic mass is 16.5. The van der Waals surface area contributed by atoms with Crippen molar-refractivity contribution in [1.29, 1.82) is 0 Å². The highest BCUT2D eigenvalue weighted by Gasteiger charge is 2.08. The molecule has 0 amide bonds. The van der Waals surface area contributed by atoms with Crippen molar-refractivity contribution in [1.82, 2.24) is 4.90 Å². The first kappa shape index (κ1) is 12.5. The lowest BCUT2D eigenvalue weighted by Gasteiger charge is -2.24. The van der Waals surface area contributed by atoms with E-state index in [0.717, 1.165) is 13.0 Å². The molecule has 1 fully saturated rings. The van der Waals surface area contributed by atoms with E-state index in [-0.39, 0.29) is 5.97 Å². The fourth-order valence-electron chi connectivity index (χ4n) is 2.09. The van der Waals surface area contributed by atoms with Crippen molar-refractivity contribution in [2.75, 3.05) is 26.7 Å². The second kappa shape index (κ2) is 7.69. The summed E-state index contributed by atoms with van der Waals surface area (Å²) in [7, 11) is 1.46. The minimum atomic E-state index is -0.0814. The van der Waals surface area contributed by atoms with Crippen LogP contribution in [0.4, 0.5) is 0 Å². The van der Waals surface area contributed by atoms with Crippen LogP contribution in [0.1, 0.15) is 44.9 Å². The Labute approximate surface area is 92.8 Å². The first-order chi connectivity index (χ1) is 7.33. The van der Waals surface area contributed by atoms with E-state index < -0.39 is 0 Å². The highest BCUT2D eigenvalue weighted by Crippen LogP contribution is 2.10. The fraction of sp³-hybridized carbons (Fsp3) is 0.917. The van der Waals surface area contributed by atoms with Crippen LogP contribution in [0.25, 0.3) is 0 Å². The van der Waals surface area contributed by atoms with Gasteiger partial charge in [0.2, 0.25) is 0 Å². The van der Waals surface area contributed by atoms with Crippen molar-refractivity contribution in [3.05, 3.63) is 0 Å². The SMILES string of the molecule is COC(=O)CCCN1CCCCCCC1. The van der Waals surface area contributed by atoms with Crippen molar-refractivity contribution in [3.8, 4) is 0 Å². The topological polar surface area (TPSA) is 29.5 Å². The Morgan fingerprint density at radius 1 is 1.13 bits per heavy atom. The Bertz CT molecular complexity index is 174. The van der Waals surface area contributed by atoms with Gasteiger partial charge in [0.05, 0.1) is 7.11 Å². The van der Waals surface area contributed by atoms with E-state index in [9.17, 15) is 4.79 Å². The third-order valence-corrected chi connectivity index (χ3v) is 3.03. The molecule has 1 aliphatic rings. The standard InChI is InChI=1S/C12H23NO2/c1-15-12(14)8-7-11-13-9-5-3-2-4-6-10-13/h2-11H2,1H3. The summed E-state index contributed by atoms with van der Waals surface area (Å²) in [6.07, 6.45) is 8.27. The molecule has 1 rings (SSSR count). The van der Waals surface area contributed by atoms with Gasteiger partial charge in [0.15, 0.2) is 0 Å². The summed E-state index contributed by atoms with van der Waals surface area (Å²) in [5, 5.41) is 0. The molecule has 1 saturated heterocycles. The normalized spacial score (nSPS) is 19.3. The molecule has 0 saturated carbocycles. The zero-order chi connectivity index (χ0) is 10.9. The molecule has 0 aromatic rings. The lowest BCUT2D eigenvalue weighted by atomic mass is 10.1. The zero-order valence-corrected chi connectivity index (χ0v) is 9.83. The number of carbonyl (C=O) groups is 1. The summed E-state index contributed by atoms with van der Waals surface area (Å²) in [4.78, 5) is 13.4. The van der Waals surface area contributed by atoms with Gasteiger partial charge in [0.25, 0.3) is 0 Å². The molecular weight excluding hydrogens is 190 g/mol. The maximum absolute atomic E-state index is 10.9. The molecule has 3 nitrogen and oxygen atoms in total. The van der Waals surface area contributed by atoms with Gasteiger partial charge in [-0.3, -0.25) is 4.79 Å². The number of methoxy groups -OCH3 is 1. The average molecular weight is 213 g/mol. The number of hydrogen-bond donors (Lipinski definition) is 0. The monoisotopic (exact) mass is 213 g/mol. The molecule has 0 N–H and O–H groups in total. The summed E-state index contributed by atoms with van der Waals surface area (Å²) in [6, 6.07) is 0. The molecule has 0 aliphatic carbocycles. The predicted molar refractivity (Wildman–Crippen MR) is 60.8 cm³/mol. The zero-order valence-electron chi connectivity index (χ0n) is 9.83. The minimum Gasteiger partial charge on any atom is -0.469 e. The number of rotatable bonds is 4. The maximum Gasteiger partial charge on any atom is 0.305 e. The van der Waals surface area contributed by atoms with Gasteiger partial charge in [-0.15, -0.1) is 0 Å². The largest absolute Gasteiger partial charge is 0.469 e. The lowest BCUT2D eigenvalue weighted by Crippen LogP contribution is -2.28. The quantitative estimate of drug-likeness (QED) is 0.671. The van der Waals surface area contributed by atoms with Gasteiger partial charge in [-0.05, 0) is 38.9 Å². The van der Waals surface area contributed by atoms with E-state index in [0.29, 0.717) is 6.42 Å². The molecule has 0 spiro atoms. The van der Waals surface area contributed by atoms with Crippen molar-refractivity contribution in [2.24, 2.45) is 0 Å². The van der Waals surface area contributed by atoms with Crippen molar-refractivity contribution >= 4 is 5.97 Å². The number of esters is 1. The van der Waals surface area contributed by atoms with E-state index in [1.807, 2.05) is 0 Å². The molecule has 3 heteroatoms. The molecule has 0 bridgehead atoms. The first-order valence-electron chi connectivity index (χ1n) is 6.12. The number of carbonyl (C=O) groups excluding carboxylic acids is 1. The van der Waals surface area contributed by atoms with Crippen LogP contribution in [0.15, 0.2) is 0 Å². The Morgan fingerprint density at radius 3 is 2.33 bits per heavy atom. The molecular formula is C12H23NO2. The van der Waals surface area contributed by atoms with Crippen molar-refractivity contribution in [3.63, 3.8) is 0 Å². The molecule has 88 valence electrons. The van der Waals surface area contributed by atoms with E-state index in [1.54, 1.807) is 0 Å². The fourth-order valence-corrected chi connectivity index (χ4v) is 2.09. The van der Waals surface area contributed by atoms with E-state index in [2.05, 4.69) is 9.64 Å². The molecule has 0 radical (unpaired) electrons. The molecule has 1 aliphatic heterocycles. The molecule has 0 aromatic heterocycles. The van der Waals surface area contributed by atoms with Gasteiger partial charge in [0.1, 0.15) is 0 Å². The van der Waals surface area contributed by atoms with E-state index >= 15 is 0 Å². The Kier molecular flexibility index (Phi) is 6.41. The maximum atomic E-state index is 10.9. The average Bonchev–Trinajstić information content (AvgIpc) is 2.20. The Balaban J connectivity index is 2.09. The van der Waals surface area contributed by atoms with Gasteiger partial charge in [0, 0.05) is 6.42 Å². The summed E-state index contributed by atoms with van der Waals surface area (Å²) < 4.78 is 4.63. The van der Waals surface area contributed by atoms with E-state index in [4.69, 9.17) is 0 Å². The van der Waals surface area contributed by atoms with Gasteiger partial charge >= 0.3 is 5.97 Å². The van der Waals surface area contributed by atoms with Crippen LogP contribution < -0.4 is 0 Å². The van der Waals surface area contributed by atoms with Crippen LogP contribution >= 0.6 is 0 Å². The van der Waals surface area contributed by atoms with E-state index in [1.165, 1.54) is 52.3 Å². The Hall–Kier alpha value is -0.570. The van der Waals surface area contributed by atoms with Gasteiger partial charge in [-0.2, -0.15) is 0 Å². The molecule has 0 unspecified atom stereocenters. The summed E-state index contributed by atoms with van der Waals surface area (Å²) >= 11 is 0. The molecule has 0 atom stereocenters. The minimum absolute atomic E-state index is 0.0814. The van der Waals surface area contributed by atoms with Crippen molar-refractivity contribution < 1.29 is 9.53 Å². The van der Waals surface area contributed by atoms with Gasteiger partial charge in [-0.1, -0.05) is 19.3 Å². The summed E-state index contributed by atoms with van der Waals surface area (Å²) in [5.74, 6) is -0.0814. The predicted octanol–water partition coefficient (Wildman–Crippen LogP) is 2.21. The number of nitrogens with zero attached hydrogens (tertiary/aromatic N) is 1. The molecule has 1 heterocycles. The van der Waals surface area contributed by atoms with Crippen LogP contribution in [0.5, 0.6) is 0 Å².